The van der Waals surface area contributed by atoms with Crippen molar-refractivity contribution in [3.63, 3.8) is 0 Å². The molecule has 0 radical (unpaired) electrons. The second-order valence-corrected chi connectivity index (χ2v) is 8.10. The van der Waals surface area contributed by atoms with Crippen LogP contribution in [-0.4, -0.2) is 52.9 Å². The van der Waals surface area contributed by atoms with E-state index in [4.69, 9.17) is 33.7 Å². The molecule has 0 fully saturated rings. The number of anilines is 2. The van der Waals surface area contributed by atoms with E-state index in [1.54, 1.807) is 11.2 Å². The third-order valence-corrected chi connectivity index (χ3v) is 4.69. The molecule has 0 bridgehead atoms. The highest BCUT2D eigenvalue weighted by atomic mass is 35.5. The number of fused-ring (bicyclic) bond motifs is 1. The van der Waals surface area contributed by atoms with Gasteiger partial charge >= 0.3 is 6.09 Å². The zero-order valence-electron chi connectivity index (χ0n) is 17.9. The first-order valence-corrected chi connectivity index (χ1v) is 10.3. The van der Waals surface area contributed by atoms with Gasteiger partial charge in [-0.25, -0.2) is 14.2 Å². The van der Waals surface area contributed by atoms with Gasteiger partial charge in [0.2, 0.25) is 5.95 Å². The summed E-state index contributed by atoms with van der Waals surface area (Å²) in [7, 11) is 3.66. The Morgan fingerprint density at radius 2 is 1.97 bits per heavy atom. The third-order valence-electron chi connectivity index (χ3n) is 4.30. The van der Waals surface area contributed by atoms with Crippen molar-refractivity contribution in [1.82, 2.24) is 24.8 Å². The van der Waals surface area contributed by atoms with Crippen LogP contribution in [-0.2, 0) is 11.3 Å². The second kappa shape index (κ2) is 11.1. The summed E-state index contributed by atoms with van der Waals surface area (Å²) in [5, 5.41) is 2.63. The van der Waals surface area contributed by atoms with Crippen LogP contribution in [0.1, 0.15) is 26.7 Å². The van der Waals surface area contributed by atoms with Crippen molar-refractivity contribution in [2.24, 2.45) is 0 Å². The summed E-state index contributed by atoms with van der Waals surface area (Å²) in [6.45, 7) is 3.61. The fourth-order valence-electron chi connectivity index (χ4n) is 2.64. The molecule has 9 nitrogen and oxygen atoms in total. The summed E-state index contributed by atoms with van der Waals surface area (Å²) >= 11 is 11.5. The number of allylic oxidation sites excluding steroid dienone is 2. The molecule has 2 aromatic heterocycles. The van der Waals surface area contributed by atoms with Gasteiger partial charge in [0.05, 0.1) is 24.5 Å². The van der Waals surface area contributed by atoms with Crippen LogP contribution in [0.5, 0.6) is 0 Å². The molecular weight excluding hydrogens is 448 g/mol. The van der Waals surface area contributed by atoms with Gasteiger partial charge in [-0.15, -0.1) is 0 Å². The quantitative estimate of drug-likeness (QED) is 0.418. The predicted octanol–water partition coefficient (Wildman–Crippen LogP) is 3.93. The van der Waals surface area contributed by atoms with Gasteiger partial charge in [0.25, 0.3) is 0 Å². The van der Waals surface area contributed by atoms with Gasteiger partial charge in [-0.05, 0) is 26.7 Å². The van der Waals surface area contributed by atoms with Gasteiger partial charge in [-0.2, -0.15) is 9.97 Å². The van der Waals surface area contributed by atoms with E-state index in [0.717, 1.165) is 0 Å². The summed E-state index contributed by atoms with van der Waals surface area (Å²) in [5.41, 5.74) is 7.26. The minimum atomic E-state index is -0.667. The van der Waals surface area contributed by atoms with Crippen molar-refractivity contribution < 1.29 is 13.9 Å². The number of nitrogens with zero attached hydrogens (tertiary/aromatic N) is 5. The molecule has 0 atom stereocenters. The molecule has 2 rings (SSSR count). The fraction of sp³-hybridized carbons (Fsp3) is 0.474. The number of rotatable bonds is 9. The van der Waals surface area contributed by atoms with Crippen molar-refractivity contribution in [1.29, 1.82) is 0 Å². The summed E-state index contributed by atoms with van der Waals surface area (Å²) in [4.78, 5) is 26.6. The monoisotopic (exact) mass is 473 g/mol. The zero-order chi connectivity index (χ0) is 23.1. The van der Waals surface area contributed by atoms with Crippen LogP contribution >= 0.6 is 23.2 Å². The lowest BCUT2D eigenvalue weighted by Gasteiger charge is -2.12. The number of aromatic nitrogens is 4. The minimum absolute atomic E-state index is 0.0399. The molecular formula is C19H26Cl2FN7O2. The number of alkyl carbamates (subject to hydrolysis) is 1. The van der Waals surface area contributed by atoms with Crippen LogP contribution in [0.25, 0.3) is 11.2 Å². The second-order valence-electron chi connectivity index (χ2n) is 6.97. The standard InChI is InChI=1S/C19H26Cl2FN7O2/c1-11(20)13(14(22)12(2)21)9-24-19(30)31-8-6-5-7-29-10-25-15-16(23)26-18(28(3)4)27-17(15)29/h10H,5-9H2,1-4H3,(H,24,30)(H2,23,26,27)/b13-11+,14-12-. The summed E-state index contributed by atoms with van der Waals surface area (Å²) in [5.74, 6) is 0.163. The molecule has 0 unspecified atom stereocenters. The number of hydrogen-bond acceptors (Lipinski definition) is 7. The Balaban J connectivity index is 1.82. The number of nitrogens with one attached hydrogen (secondary N) is 1. The Kier molecular flexibility index (Phi) is 8.88. The number of carbonyl (C=O) groups is 1. The summed E-state index contributed by atoms with van der Waals surface area (Å²) in [6, 6.07) is 0. The van der Waals surface area contributed by atoms with E-state index in [9.17, 15) is 9.18 Å². The van der Waals surface area contributed by atoms with E-state index < -0.39 is 11.9 Å². The smallest absolute Gasteiger partial charge is 0.407 e. The molecule has 3 N–H and O–H groups in total. The number of nitrogen functional groups attached to an aromatic ring is 1. The third kappa shape index (κ3) is 6.70. The highest BCUT2D eigenvalue weighted by Crippen LogP contribution is 2.23. The Bertz CT molecular complexity index is 997. The van der Waals surface area contributed by atoms with E-state index in [-0.39, 0.29) is 28.8 Å². The maximum absolute atomic E-state index is 14.0. The van der Waals surface area contributed by atoms with Crippen LogP contribution in [0.3, 0.4) is 0 Å². The number of amides is 1. The van der Waals surface area contributed by atoms with Crippen LogP contribution in [0.2, 0.25) is 0 Å². The van der Waals surface area contributed by atoms with Crippen LogP contribution in [0.15, 0.2) is 27.8 Å². The lowest BCUT2D eigenvalue weighted by atomic mass is 10.2. The number of ether oxygens (including phenoxy) is 1. The zero-order valence-corrected chi connectivity index (χ0v) is 19.4. The largest absolute Gasteiger partial charge is 0.450 e. The highest BCUT2D eigenvalue weighted by Gasteiger charge is 2.14. The molecule has 2 heterocycles. The Labute approximate surface area is 190 Å². The van der Waals surface area contributed by atoms with Crippen LogP contribution < -0.4 is 16.0 Å². The number of aryl methyl sites for hydroxylation is 1. The fourth-order valence-corrected chi connectivity index (χ4v) is 2.90. The number of nitrogens with two attached hydrogens (primary N) is 1. The molecule has 31 heavy (non-hydrogen) atoms. The Morgan fingerprint density at radius 1 is 1.26 bits per heavy atom. The number of carbonyl (C=O) groups excluding carboxylic acids is 1. The average Bonchev–Trinajstić information content (AvgIpc) is 3.10. The molecule has 0 aromatic carbocycles. The van der Waals surface area contributed by atoms with Crippen molar-refractivity contribution in [3.8, 4) is 0 Å². The molecule has 0 aliphatic rings. The normalized spacial score (nSPS) is 13.0. The predicted molar refractivity (Wildman–Crippen MR) is 121 cm³/mol. The minimum Gasteiger partial charge on any atom is -0.450 e. The molecule has 170 valence electrons. The average molecular weight is 474 g/mol. The molecule has 2 aromatic rings. The highest BCUT2D eigenvalue weighted by molar-refractivity contribution is 6.31. The van der Waals surface area contributed by atoms with Crippen molar-refractivity contribution in [3.05, 3.63) is 27.8 Å². The molecule has 0 spiro atoms. The Morgan fingerprint density at radius 3 is 2.58 bits per heavy atom. The molecule has 0 saturated carbocycles. The van der Waals surface area contributed by atoms with E-state index in [1.165, 1.54) is 13.8 Å². The first-order chi connectivity index (χ1) is 14.6. The van der Waals surface area contributed by atoms with E-state index in [1.807, 2.05) is 18.7 Å². The molecule has 1 amide bonds. The SMILES string of the molecule is C/C(Cl)=C(F)\C(CNC(=O)OCCCCn1cnc2c(N)nc(N(C)C)nc21)=C(/C)Cl. The van der Waals surface area contributed by atoms with E-state index in [0.29, 0.717) is 42.3 Å². The molecule has 0 saturated heterocycles. The first-order valence-electron chi connectivity index (χ1n) is 9.55. The summed E-state index contributed by atoms with van der Waals surface area (Å²) < 4.78 is 21.0. The van der Waals surface area contributed by atoms with Gasteiger partial charge in [-0.1, -0.05) is 23.2 Å². The first kappa shape index (κ1) is 24.7. The van der Waals surface area contributed by atoms with Gasteiger partial charge in [0, 0.05) is 31.2 Å². The van der Waals surface area contributed by atoms with Gasteiger partial charge in [-0.3, -0.25) is 0 Å². The van der Waals surface area contributed by atoms with Crippen molar-refractivity contribution >= 4 is 52.2 Å². The molecule has 0 aliphatic carbocycles. The molecule has 12 heteroatoms. The molecule has 0 aliphatic heterocycles. The van der Waals surface area contributed by atoms with E-state index >= 15 is 0 Å². The van der Waals surface area contributed by atoms with Gasteiger partial charge in [0.15, 0.2) is 11.5 Å². The van der Waals surface area contributed by atoms with Gasteiger partial charge < -0.3 is 25.3 Å². The number of unbranched alkanes of at least 4 members (excludes halogenated alkanes) is 1. The summed E-state index contributed by atoms with van der Waals surface area (Å²) in [6.07, 6.45) is 2.32. The maximum atomic E-state index is 14.0. The van der Waals surface area contributed by atoms with Crippen molar-refractivity contribution in [2.75, 3.05) is 37.9 Å². The maximum Gasteiger partial charge on any atom is 0.407 e. The van der Waals surface area contributed by atoms with E-state index in [2.05, 4.69) is 20.3 Å². The topological polar surface area (TPSA) is 111 Å². The van der Waals surface area contributed by atoms with Crippen LogP contribution in [0, 0.1) is 0 Å². The number of halogens is 3. The number of hydrogen-bond donors (Lipinski definition) is 2. The van der Waals surface area contributed by atoms with Gasteiger partial charge in [0.1, 0.15) is 11.3 Å². The van der Waals surface area contributed by atoms with Crippen molar-refractivity contribution in [2.45, 2.75) is 33.2 Å². The Hall–Kier alpha value is -2.59. The van der Waals surface area contributed by atoms with Crippen LogP contribution in [0.4, 0.5) is 21.0 Å². The number of imidazole rings is 1. The lowest BCUT2D eigenvalue weighted by Crippen LogP contribution is -2.27. The lowest BCUT2D eigenvalue weighted by molar-refractivity contribution is 0.144.